The largest absolute Gasteiger partial charge is 0.316 e. The molecule has 3 rings (SSSR count). The van der Waals surface area contributed by atoms with Crippen molar-refractivity contribution in [2.24, 2.45) is 17.8 Å². The third-order valence-electron chi connectivity index (χ3n) is 5.53. The van der Waals surface area contributed by atoms with Crippen LogP contribution in [0.4, 0.5) is 0 Å². The molecule has 2 heteroatoms. The molecule has 20 heavy (non-hydrogen) atoms. The van der Waals surface area contributed by atoms with Crippen LogP contribution in [0.3, 0.4) is 0 Å². The summed E-state index contributed by atoms with van der Waals surface area (Å²) in [4.78, 5) is 2.78. The van der Waals surface area contributed by atoms with Crippen LogP contribution in [-0.2, 0) is 0 Å². The van der Waals surface area contributed by atoms with Crippen molar-refractivity contribution in [1.29, 1.82) is 0 Å². The quantitative estimate of drug-likeness (QED) is 0.908. The first kappa shape index (κ1) is 14.1. The molecule has 1 aromatic rings. The lowest BCUT2D eigenvalue weighted by atomic mass is 9.83. The van der Waals surface area contributed by atoms with Crippen LogP contribution in [0.25, 0.3) is 0 Å². The minimum absolute atomic E-state index is 0.291. The van der Waals surface area contributed by atoms with E-state index < -0.39 is 0 Å². The van der Waals surface area contributed by atoms with E-state index >= 15 is 0 Å². The van der Waals surface area contributed by atoms with E-state index in [1.54, 1.807) is 0 Å². The Balaban J connectivity index is 1.93. The number of fused-ring (bicyclic) bond motifs is 1. The zero-order valence-electron chi connectivity index (χ0n) is 13.3. The van der Waals surface area contributed by atoms with E-state index in [2.05, 4.69) is 68.2 Å². The van der Waals surface area contributed by atoms with Crippen LogP contribution >= 0.6 is 0 Å². The maximum absolute atomic E-state index is 3.58. The predicted octanol–water partition coefficient (Wildman–Crippen LogP) is 3.31. The molecule has 0 saturated carbocycles. The Morgan fingerprint density at radius 1 is 1.15 bits per heavy atom. The van der Waals surface area contributed by atoms with Gasteiger partial charge in [0, 0.05) is 24.7 Å². The summed E-state index contributed by atoms with van der Waals surface area (Å²) >= 11 is 0. The van der Waals surface area contributed by atoms with Crippen molar-refractivity contribution in [2.45, 2.75) is 39.3 Å². The molecule has 2 nitrogen and oxygen atoms in total. The third-order valence-corrected chi connectivity index (χ3v) is 5.53. The van der Waals surface area contributed by atoms with Crippen molar-refractivity contribution in [3.8, 4) is 0 Å². The normalized spacial score (nSPS) is 30.6. The maximum Gasteiger partial charge on any atom is 0.0376 e. The predicted molar refractivity (Wildman–Crippen MR) is 84.7 cm³/mol. The van der Waals surface area contributed by atoms with Gasteiger partial charge in [-0.1, -0.05) is 44.2 Å². The average Bonchev–Trinajstić information content (AvgIpc) is 2.95. The molecule has 0 bridgehead atoms. The topological polar surface area (TPSA) is 15.3 Å². The van der Waals surface area contributed by atoms with Crippen molar-refractivity contribution >= 4 is 0 Å². The molecule has 2 saturated heterocycles. The molecule has 0 amide bonds. The van der Waals surface area contributed by atoms with Crippen LogP contribution < -0.4 is 5.32 Å². The number of nitrogens with zero attached hydrogens (tertiary/aromatic N) is 1. The Hall–Kier alpha value is -0.860. The van der Waals surface area contributed by atoms with Gasteiger partial charge in [0.25, 0.3) is 0 Å². The monoisotopic (exact) mass is 272 g/mol. The second-order valence-corrected chi connectivity index (χ2v) is 7.43. The van der Waals surface area contributed by atoms with Crippen molar-refractivity contribution in [2.75, 3.05) is 19.6 Å². The van der Waals surface area contributed by atoms with E-state index in [0.29, 0.717) is 17.5 Å². The van der Waals surface area contributed by atoms with Gasteiger partial charge in [-0.2, -0.15) is 0 Å². The molecule has 110 valence electrons. The zero-order valence-corrected chi connectivity index (χ0v) is 13.3. The third kappa shape index (κ3) is 2.19. The Bertz CT molecular complexity index is 452. The van der Waals surface area contributed by atoms with Gasteiger partial charge in [-0.15, -0.1) is 0 Å². The second kappa shape index (κ2) is 5.16. The van der Waals surface area contributed by atoms with Crippen LogP contribution in [0.1, 0.15) is 39.3 Å². The van der Waals surface area contributed by atoms with E-state index in [0.717, 1.165) is 11.8 Å². The summed E-state index contributed by atoms with van der Waals surface area (Å²) in [6.45, 7) is 13.2. The molecule has 0 radical (unpaired) electrons. The molecule has 2 heterocycles. The van der Waals surface area contributed by atoms with Gasteiger partial charge in [-0.05, 0) is 43.7 Å². The first-order valence-electron chi connectivity index (χ1n) is 8.04. The molecular formula is C18H28N2. The van der Waals surface area contributed by atoms with Gasteiger partial charge in [-0.3, -0.25) is 4.90 Å². The fraction of sp³-hybridized carbons (Fsp3) is 0.667. The molecule has 3 unspecified atom stereocenters. The van der Waals surface area contributed by atoms with Crippen molar-refractivity contribution < 1.29 is 0 Å². The van der Waals surface area contributed by atoms with Crippen LogP contribution in [-0.4, -0.2) is 30.1 Å². The molecular weight excluding hydrogens is 244 g/mol. The standard InChI is InChI=1S/C18H28N2/c1-13(2)17(14-8-6-5-7-9-14)20-12-15-10-19-11-16(15)18(20,3)4/h5-9,13,15-17,19H,10-12H2,1-4H3. The Labute approximate surface area is 123 Å². The van der Waals surface area contributed by atoms with Crippen molar-refractivity contribution in [3.05, 3.63) is 35.9 Å². The highest BCUT2D eigenvalue weighted by atomic mass is 15.3. The minimum Gasteiger partial charge on any atom is -0.316 e. The molecule has 1 N–H and O–H groups in total. The first-order valence-corrected chi connectivity index (χ1v) is 8.04. The first-order chi connectivity index (χ1) is 9.51. The van der Waals surface area contributed by atoms with Crippen LogP contribution in [0.15, 0.2) is 30.3 Å². The number of benzene rings is 1. The lowest BCUT2D eigenvalue weighted by molar-refractivity contribution is 0.0638. The molecule has 2 aliphatic rings. The highest BCUT2D eigenvalue weighted by Crippen LogP contribution is 2.46. The summed E-state index contributed by atoms with van der Waals surface area (Å²) in [6.07, 6.45) is 0. The van der Waals surface area contributed by atoms with Crippen molar-refractivity contribution in [1.82, 2.24) is 10.2 Å². The van der Waals surface area contributed by atoms with Crippen LogP contribution in [0.2, 0.25) is 0 Å². The van der Waals surface area contributed by atoms with Gasteiger partial charge in [0.15, 0.2) is 0 Å². The minimum atomic E-state index is 0.291. The summed E-state index contributed by atoms with van der Waals surface area (Å²) in [5.41, 5.74) is 1.77. The number of nitrogens with one attached hydrogen (secondary N) is 1. The number of likely N-dealkylation sites (tertiary alicyclic amines) is 1. The van der Waals surface area contributed by atoms with Gasteiger partial charge in [0.2, 0.25) is 0 Å². The van der Waals surface area contributed by atoms with Gasteiger partial charge in [-0.25, -0.2) is 0 Å². The summed E-state index contributed by atoms with van der Waals surface area (Å²) in [7, 11) is 0. The summed E-state index contributed by atoms with van der Waals surface area (Å²) in [5.74, 6) is 2.27. The molecule has 2 fully saturated rings. The van der Waals surface area contributed by atoms with E-state index in [1.165, 1.54) is 25.2 Å². The van der Waals surface area contributed by atoms with Crippen LogP contribution in [0, 0.1) is 17.8 Å². The van der Waals surface area contributed by atoms with E-state index in [1.807, 2.05) is 0 Å². The molecule has 1 aromatic carbocycles. The van der Waals surface area contributed by atoms with Gasteiger partial charge in [0.1, 0.15) is 0 Å². The fourth-order valence-electron chi connectivity index (χ4n) is 4.50. The molecule has 3 atom stereocenters. The summed E-state index contributed by atoms with van der Waals surface area (Å²) in [6, 6.07) is 11.6. The lowest BCUT2D eigenvalue weighted by Crippen LogP contribution is -2.47. The Morgan fingerprint density at radius 3 is 2.45 bits per heavy atom. The second-order valence-electron chi connectivity index (χ2n) is 7.43. The number of rotatable bonds is 3. The zero-order chi connectivity index (χ0) is 14.3. The highest BCUT2D eigenvalue weighted by molar-refractivity contribution is 5.22. The fourth-order valence-corrected chi connectivity index (χ4v) is 4.50. The summed E-state index contributed by atoms with van der Waals surface area (Å²) in [5, 5.41) is 3.58. The van der Waals surface area contributed by atoms with E-state index in [9.17, 15) is 0 Å². The number of hydrogen-bond acceptors (Lipinski definition) is 2. The Kier molecular flexibility index (Phi) is 3.64. The smallest absolute Gasteiger partial charge is 0.0376 e. The van der Waals surface area contributed by atoms with Crippen molar-refractivity contribution in [3.63, 3.8) is 0 Å². The average molecular weight is 272 g/mol. The van der Waals surface area contributed by atoms with E-state index in [-0.39, 0.29) is 0 Å². The maximum atomic E-state index is 3.58. The van der Waals surface area contributed by atoms with Gasteiger partial charge >= 0.3 is 0 Å². The molecule has 0 aliphatic carbocycles. The SMILES string of the molecule is CC(C)C(c1ccccc1)N1CC2CNCC2C1(C)C. The van der Waals surface area contributed by atoms with E-state index in [4.69, 9.17) is 0 Å². The summed E-state index contributed by atoms with van der Waals surface area (Å²) < 4.78 is 0. The Morgan fingerprint density at radius 2 is 1.85 bits per heavy atom. The molecule has 0 aromatic heterocycles. The van der Waals surface area contributed by atoms with Gasteiger partial charge < -0.3 is 5.32 Å². The highest BCUT2D eigenvalue weighted by Gasteiger charge is 2.51. The molecule has 2 aliphatic heterocycles. The lowest BCUT2D eigenvalue weighted by Gasteiger charge is -2.43. The van der Waals surface area contributed by atoms with Gasteiger partial charge in [0.05, 0.1) is 0 Å². The van der Waals surface area contributed by atoms with Crippen LogP contribution in [0.5, 0.6) is 0 Å². The number of hydrogen-bond donors (Lipinski definition) is 1. The molecule has 0 spiro atoms.